The molecule has 15 fully saturated rings. The van der Waals surface area contributed by atoms with Crippen molar-refractivity contribution in [2.24, 2.45) is 147 Å². The molecule has 0 aromatic rings. The van der Waals surface area contributed by atoms with Crippen LogP contribution in [0.5, 0.6) is 0 Å². The van der Waals surface area contributed by atoms with Gasteiger partial charge in [-0.2, -0.15) is 13.2 Å². The van der Waals surface area contributed by atoms with Gasteiger partial charge in [-0.1, -0.05) is 289 Å². The molecule has 2 bridgehead atoms. The van der Waals surface area contributed by atoms with Crippen LogP contribution in [0.4, 0.5) is 13.2 Å². The molecule has 7 atom stereocenters. The summed E-state index contributed by atoms with van der Waals surface area (Å²) in [5.74, 6) is 11.1. The molecule has 1 spiro atoms. The first-order valence-electron chi connectivity index (χ1n) is 52.4. The molecule has 0 amide bonds. The third kappa shape index (κ3) is 45.8. The molecule has 0 N–H and O–H groups in total. The fourth-order valence-electron chi connectivity index (χ4n) is 19.8. The maximum Gasteiger partial charge on any atom is 0.389 e. The smallest absolute Gasteiger partial charge is 0.389 e. The Morgan fingerprint density at radius 1 is 0.362 bits per heavy atom. The van der Waals surface area contributed by atoms with Gasteiger partial charge < -0.3 is 43.4 Å². The highest BCUT2D eigenvalue weighted by Gasteiger charge is 2.53. The van der Waals surface area contributed by atoms with Crippen molar-refractivity contribution in [3.8, 4) is 0 Å². The maximum absolute atomic E-state index is 11.6. The van der Waals surface area contributed by atoms with Crippen LogP contribution in [0.2, 0.25) is 0 Å². The molecule has 11 nitrogen and oxygen atoms in total. The van der Waals surface area contributed by atoms with Gasteiger partial charge in [0, 0.05) is 115 Å². The van der Waals surface area contributed by atoms with Gasteiger partial charge in [0.15, 0.2) is 0 Å². The fourth-order valence-corrected chi connectivity index (χ4v) is 19.8. The average molecular weight is 1800 g/mol. The number of carbonyl (C=O) groups excluding carboxylic acids is 1. The molecule has 4 aliphatic carbocycles. The van der Waals surface area contributed by atoms with Crippen LogP contribution in [0, 0.1) is 147 Å². The number of halogens is 3. The summed E-state index contributed by atoms with van der Waals surface area (Å²) in [6.45, 7) is 116. The molecule has 0 radical (unpaired) electrons. The Morgan fingerprint density at radius 2 is 0.764 bits per heavy atom. The highest BCUT2D eigenvalue weighted by Crippen LogP contribution is 2.57. The summed E-state index contributed by atoms with van der Waals surface area (Å²) in [5, 5.41) is 0. The van der Waals surface area contributed by atoms with Crippen molar-refractivity contribution in [1.82, 2.24) is 29.4 Å². The van der Waals surface area contributed by atoms with E-state index in [1.54, 1.807) is 20.8 Å². The predicted molar refractivity (Wildman–Crippen MR) is 544 cm³/mol. The molecule has 756 valence electrons. The summed E-state index contributed by atoms with van der Waals surface area (Å²) in [6.07, 6.45) is 20.3. The number of fused-ring (bicyclic) bond motifs is 3. The zero-order valence-electron chi connectivity index (χ0n) is 93.4. The van der Waals surface area contributed by atoms with E-state index < -0.39 is 18.0 Å². The minimum Gasteiger partial charge on any atom is -0.469 e. The number of methoxy groups -OCH3 is 1. The lowest BCUT2D eigenvalue weighted by Gasteiger charge is -2.57. The van der Waals surface area contributed by atoms with Crippen molar-refractivity contribution in [3.63, 3.8) is 0 Å². The van der Waals surface area contributed by atoms with Gasteiger partial charge in [0.25, 0.3) is 0 Å². The predicted octanol–water partition coefficient (Wildman–Crippen LogP) is 29.4. The Labute approximate surface area is 790 Å². The van der Waals surface area contributed by atoms with Crippen LogP contribution in [0.1, 0.15) is 406 Å². The lowest BCUT2D eigenvalue weighted by Crippen LogP contribution is -2.57. The Kier molecular flexibility index (Phi) is 46.8. The summed E-state index contributed by atoms with van der Waals surface area (Å²) in [4.78, 5) is 26.0. The second-order valence-corrected chi connectivity index (χ2v) is 58.1. The number of piperidine rings is 1. The second-order valence-electron chi connectivity index (χ2n) is 58.1. The van der Waals surface area contributed by atoms with Gasteiger partial charge in [0.1, 0.15) is 0 Å². The standard InChI is InChI=1S/2C11H21N.C10H19N.C10H21N.C10H18O.C9H19N.C8H17N.C8H16O.2C8H16.C7H14O2.C7H14O.C6H11F3/c1-11(2,3)9-7-10-5-4-6-12(10)8-9;1-11(2,3)9-7-12(8-9)10-5-4-6-10;1-10(2,3)9-7-11-5-4-8(9)6-11;1-8(2)11-6-9(7-11)10(3,4)5;1-9(2,3)8-4-10(5-8)6-11-7-10;1-9(2,3)8-5-6-10(4)7-8;1-8(2,3)7-5-9(4)6-7;1-8(2,3)7-4-5-9-6-7;2*1-8(2,3)7-5-4-6-7;1-7(2,3)5-6(8)9-4;1-7(2,3)6-4-8-5-6;1-5(2,3)4-6(7,8)9/h2*9-10H,4-8H2,1-3H3;8-9H,4-7H2,1-3H3;8-9H,6-7H2,1-5H3;8H,4-7H2,1-3H3;8H,5-7H2,1-4H3;7H,5-6H2,1-4H3;7H,4-6H2,1-3H3;2*7H,4-6H2,1-3H3;5H2,1-4H3;6H,4-5H2,1-3H3;4H2,1-3H3. The van der Waals surface area contributed by atoms with Crippen LogP contribution in [-0.4, -0.2) is 206 Å². The van der Waals surface area contributed by atoms with Crippen LogP contribution in [0.25, 0.3) is 0 Å². The van der Waals surface area contributed by atoms with Gasteiger partial charge in [-0.3, -0.25) is 9.69 Å². The molecule has 14 heteroatoms. The molecule has 0 aromatic heterocycles. The van der Waals surface area contributed by atoms with Gasteiger partial charge in [-0.05, 0) is 273 Å². The summed E-state index contributed by atoms with van der Waals surface area (Å²) in [7, 11) is 5.81. The molecule has 7 unspecified atom stereocenters. The molecule has 15 aliphatic rings. The molecule has 15 rings (SSSR count). The van der Waals surface area contributed by atoms with Gasteiger partial charge >= 0.3 is 12.1 Å². The van der Waals surface area contributed by atoms with E-state index in [1.165, 1.54) is 201 Å². The summed E-state index contributed by atoms with van der Waals surface area (Å²) in [6, 6.07) is 2.67. The van der Waals surface area contributed by atoms with E-state index in [-0.39, 0.29) is 11.4 Å². The van der Waals surface area contributed by atoms with Crippen LogP contribution in [-0.2, 0) is 23.7 Å². The van der Waals surface area contributed by atoms with Crippen molar-refractivity contribution in [3.05, 3.63) is 0 Å². The molecular weight excluding hydrogens is 1580 g/mol. The number of nitrogens with zero attached hydrogens (tertiary/aromatic N) is 6. The number of rotatable bonds is 3. The lowest BCUT2D eigenvalue weighted by molar-refractivity contribution is -0.195. The molecule has 11 aliphatic heterocycles. The first-order valence-corrected chi connectivity index (χ1v) is 52.4. The molecular formula is C113H223F3N6O5. The zero-order chi connectivity index (χ0) is 97.9. The number of hydrogen-bond acceptors (Lipinski definition) is 11. The number of carbonyl (C=O) groups is 1. The number of esters is 1. The van der Waals surface area contributed by atoms with Crippen molar-refractivity contribution in [2.45, 2.75) is 430 Å². The van der Waals surface area contributed by atoms with Gasteiger partial charge in [0.2, 0.25) is 0 Å². The molecule has 11 saturated heterocycles. The van der Waals surface area contributed by atoms with Crippen LogP contribution >= 0.6 is 0 Å². The maximum atomic E-state index is 11.6. The number of ether oxygens (including phenoxy) is 4. The molecule has 4 saturated carbocycles. The minimum absolute atomic E-state index is 0.0487. The van der Waals surface area contributed by atoms with Gasteiger partial charge in [-0.15, -0.1) is 0 Å². The number of alkyl halides is 3. The third-order valence-corrected chi connectivity index (χ3v) is 32.4. The quantitative estimate of drug-likeness (QED) is 0.254. The van der Waals surface area contributed by atoms with E-state index in [9.17, 15) is 18.0 Å². The summed E-state index contributed by atoms with van der Waals surface area (Å²) < 4.78 is 54.7. The number of likely N-dealkylation sites (tertiary alicyclic amines) is 4. The van der Waals surface area contributed by atoms with Crippen LogP contribution in [0.3, 0.4) is 0 Å². The van der Waals surface area contributed by atoms with Crippen molar-refractivity contribution in [2.75, 3.05) is 146 Å². The van der Waals surface area contributed by atoms with Gasteiger partial charge in [0.05, 0.1) is 40.0 Å². The van der Waals surface area contributed by atoms with Crippen LogP contribution < -0.4 is 0 Å². The summed E-state index contributed by atoms with van der Waals surface area (Å²) in [5.41, 5.74) is 5.89. The first kappa shape index (κ1) is 120. The molecule has 0 aromatic carbocycles. The van der Waals surface area contributed by atoms with E-state index in [2.05, 4.69) is 291 Å². The fraction of sp³-hybridized carbons (Fsp3) is 0.991. The highest BCUT2D eigenvalue weighted by atomic mass is 19.4. The average Bonchev–Trinajstić information content (AvgIpc) is 1.65. The second kappa shape index (κ2) is 49.5. The highest BCUT2D eigenvalue weighted by molar-refractivity contribution is 5.69. The largest absolute Gasteiger partial charge is 0.469 e. The Hall–Kier alpha value is -1.10. The summed E-state index contributed by atoms with van der Waals surface area (Å²) >= 11 is 0. The van der Waals surface area contributed by atoms with Gasteiger partial charge in [-0.25, -0.2) is 0 Å². The number of hydrogen-bond donors (Lipinski definition) is 0. The Bertz CT molecular complexity index is 2890. The van der Waals surface area contributed by atoms with Crippen molar-refractivity contribution >= 4 is 5.97 Å². The van der Waals surface area contributed by atoms with E-state index in [0.29, 0.717) is 71.4 Å². The van der Waals surface area contributed by atoms with Crippen molar-refractivity contribution < 1.29 is 36.9 Å². The zero-order valence-corrected chi connectivity index (χ0v) is 93.4. The first-order chi connectivity index (χ1) is 57.2. The molecule has 11 heterocycles. The topological polar surface area (TPSA) is 73.4 Å². The third-order valence-electron chi connectivity index (χ3n) is 32.4. The Morgan fingerprint density at radius 3 is 0.969 bits per heavy atom. The SMILES string of the molecule is CC(C)(C)C1CC2(COC2)C1.CC(C)(C)C1CC2CCCN2C1.CC(C)(C)C1CCC1.CC(C)(C)C1CCC1.CC(C)(C)C1CCOC1.CC(C)(C)C1CN(C2CCC2)C1.CC(C)(C)C1CN2CCC1C2.CC(C)(C)C1COC1.CC(C)(C)CC(F)(F)F.CC(C)N1CC(C(C)(C)C)C1.CN1CC(C(C)(C)C)C1.CN1CCC(C(C)(C)C)C1.COC(=O)CC(C)(C)C. The molecule has 127 heavy (non-hydrogen) atoms. The lowest BCUT2D eigenvalue weighted by atomic mass is 9.54. The monoisotopic (exact) mass is 1800 g/mol. The normalized spacial score (nSPS) is 26.6. The van der Waals surface area contributed by atoms with E-state index in [1.807, 2.05) is 20.8 Å². The van der Waals surface area contributed by atoms with E-state index >= 15 is 0 Å². The van der Waals surface area contributed by atoms with E-state index in [4.69, 9.17) is 14.2 Å². The Balaban J connectivity index is 0.000000356. The minimum atomic E-state index is -4.02. The van der Waals surface area contributed by atoms with E-state index in [0.717, 1.165) is 129 Å². The van der Waals surface area contributed by atoms with Crippen LogP contribution in [0.15, 0.2) is 0 Å². The van der Waals surface area contributed by atoms with Crippen molar-refractivity contribution in [1.29, 1.82) is 0 Å².